The predicted molar refractivity (Wildman–Crippen MR) is 73.5 cm³/mol. The van der Waals surface area contributed by atoms with E-state index in [4.69, 9.17) is 10.9 Å². The lowest BCUT2D eigenvalue weighted by atomic mass is 10.0. The topological polar surface area (TPSA) is 82.1 Å². The minimum Gasteiger partial charge on any atom is -0.409 e. The third kappa shape index (κ3) is 4.52. The van der Waals surface area contributed by atoms with Crippen LogP contribution in [0.3, 0.4) is 0 Å². The number of hydrogen-bond donors (Lipinski definition) is 3. The zero-order valence-electron chi connectivity index (χ0n) is 11.7. The molecule has 0 spiro atoms. The van der Waals surface area contributed by atoms with E-state index in [1.807, 2.05) is 0 Å². The van der Waals surface area contributed by atoms with Crippen LogP contribution in [-0.2, 0) is 6.18 Å². The van der Waals surface area contributed by atoms with Crippen LogP contribution in [0.2, 0.25) is 0 Å². The number of aliphatic hydroxyl groups is 1. The maximum absolute atomic E-state index is 13.1. The van der Waals surface area contributed by atoms with E-state index >= 15 is 0 Å². The number of alkyl halides is 3. The molecule has 0 radical (unpaired) electrons. The van der Waals surface area contributed by atoms with Crippen molar-refractivity contribution in [3.63, 3.8) is 0 Å². The Morgan fingerprint density at radius 1 is 1.43 bits per heavy atom. The van der Waals surface area contributed by atoms with E-state index in [-0.39, 0.29) is 5.56 Å². The number of anilines is 1. The van der Waals surface area contributed by atoms with E-state index < -0.39 is 23.7 Å². The largest absolute Gasteiger partial charge is 0.417 e. The molecule has 0 amide bonds. The second kappa shape index (κ2) is 6.66. The lowest BCUT2D eigenvalue weighted by Crippen LogP contribution is -2.24. The van der Waals surface area contributed by atoms with Crippen LogP contribution in [0.5, 0.6) is 0 Å². The first-order valence-electron chi connectivity index (χ1n) is 6.25. The van der Waals surface area contributed by atoms with E-state index in [9.17, 15) is 18.3 Å². The zero-order chi connectivity index (χ0) is 16.2. The fraction of sp³-hybridized carbons (Fsp3) is 0.462. The number of nitrogens with zero attached hydrogens (tertiary/aromatic N) is 2. The maximum Gasteiger partial charge on any atom is 0.417 e. The van der Waals surface area contributed by atoms with Crippen molar-refractivity contribution in [3.8, 4) is 0 Å². The lowest BCUT2D eigenvalue weighted by molar-refractivity contribution is -0.137. The Balaban J connectivity index is 3.16. The molecular formula is C13H18F3N3O2. The van der Waals surface area contributed by atoms with Gasteiger partial charge in [0.05, 0.1) is 11.7 Å². The summed E-state index contributed by atoms with van der Waals surface area (Å²) in [5, 5.41) is 20.4. The van der Waals surface area contributed by atoms with Crippen LogP contribution in [0, 0.1) is 0 Å². The Morgan fingerprint density at radius 3 is 2.52 bits per heavy atom. The number of benzene rings is 1. The SMILES string of the molecule is CC(O)CCN(C)c1ccc(/C(N)=N/O)c(C(F)(F)F)c1. The highest BCUT2D eigenvalue weighted by Gasteiger charge is 2.35. The number of aliphatic hydroxyl groups excluding tert-OH is 1. The molecule has 0 aliphatic carbocycles. The molecule has 0 saturated carbocycles. The summed E-state index contributed by atoms with van der Waals surface area (Å²) in [5.74, 6) is -0.597. The normalized spacial score (nSPS) is 14.1. The second-order valence-electron chi connectivity index (χ2n) is 4.77. The van der Waals surface area contributed by atoms with Crippen LogP contribution in [0.1, 0.15) is 24.5 Å². The molecule has 118 valence electrons. The molecule has 5 nitrogen and oxygen atoms in total. The number of amidine groups is 1. The van der Waals surface area contributed by atoms with Gasteiger partial charge in [-0.2, -0.15) is 13.2 Å². The Hall–Kier alpha value is -1.96. The van der Waals surface area contributed by atoms with Crippen LogP contribution < -0.4 is 10.6 Å². The maximum atomic E-state index is 13.1. The third-order valence-electron chi connectivity index (χ3n) is 3.02. The fourth-order valence-corrected chi connectivity index (χ4v) is 1.79. The minimum atomic E-state index is -4.62. The Kier molecular flexibility index (Phi) is 5.42. The first kappa shape index (κ1) is 17.1. The van der Waals surface area contributed by atoms with Crippen LogP contribution in [-0.4, -0.2) is 35.8 Å². The minimum absolute atomic E-state index is 0.331. The third-order valence-corrected chi connectivity index (χ3v) is 3.02. The summed E-state index contributed by atoms with van der Waals surface area (Å²) in [7, 11) is 1.63. The molecule has 4 N–H and O–H groups in total. The quantitative estimate of drug-likeness (QED) is 0.336. The van der Waals surface area contributed by atoms with Gasteiger partial charge in [0.25, 0.3) is 0 Å². The number of nitrogens with two attached hydrogens (primary N) is 1. The standard InChI is InChI=1S/C13H18F3N3O2/c1-8(20)5-6-19(2)9-3-4-10(12(17)18-21)11(7-9)13(14,15)16/h3-4,7-8,20-21H,5-6H2,1-2H3,(H2,17,18). The van der Waals surface area contributed by atoms with Gasteiger partial charge in [-0.25, -0.2) is 0 Å². The molecule has 0 heterocycles. The van der Waals surface area contributed by atoms with Crippen molar-refractivity contribution in [2.75, 3.05) is 18.5 Å². The molecule has 0 aliphatic heterocycles. The van der Waals surface area contributed by atoms with E-state index in [1.165, 1.54) is 6.07 Å². The van der Waals surface area contributed by atoms with Crippen LogP contribution in [0.25, 0.3) is 0 Å². The van der Waals surface area contributed by atoms with Gasteiger partial charge in [-0.05, 0) is 31.5 Å². The summed E-state index contributed by atoms with van der Waals surface area (Å²) >= 11 is 0. The average Bonchev–Trinajstić information content (AvgIpc) is 2.42. The molecule has 1 rings (SSSR count). The molecule has 1 unspecified atom stereocenters. The van der Waals surface area contributed by atoms with Gasteiger partial charge in [-0.15, -0.1) is 0 Å². The van der Waals surface area contributed by atoms with Crippen molar-refractivity contribution >= 4 is 11.5 Å². The highest BCUT2D eigenvalue weighted by atomic mass is 19.4. The average molecular weight is 305 g/mol. The van der Waals surface area contributed by atoms with Gasteiger partial charge in [-0.3, -0.25) is 0 Å². The first-order valence-corrected chi connectivity index (χ1v) is 6.25. The van der Waals surface area contributed by atoms with Crippen LogP contribution in [0.4, 0.5) is 18.9 Å². The molecule has 0 aliphatic rings. The highest BCUT2D eigenvalue weighted by Crippen LogP contribution is 2.34. The second-order valence-corrected chi connectivity index (χ2v) is 4.77. The lowest BCUT2D eigenvalue weighted by Gasteiger charge is -2.22. The van der Waals surface area contributed by atoms with Gasteiger partial charge >= 0.3 is 6.18 Å². The van der Waals surface area contributed by atoms with Crippen molar-refractivity contribution < 1.29 is 23.5 Å². The summed E-state index contributed by atoms with van der Waals surface area (Å²) in [6, 6.07) is 3.55. The Labute approximate surface area is 120 Å². The zero-order valence-corrected chi connectivity index (χ0v) is 11.7. The number of oxime groups is 1. The van der Waals surface area contributed by atoms with Gasteiger partial charge in [-0.1, -0.05) is 5.16 Å². The molecule has 0 saturated heterocycles. The Bertz CT molecular complexity index is 516. The van der Waals surface area contributed by atoms with Gasteiger partial charge in [0.2, 0.25) is 0 Å². The van der Waals surface area contributed by atoms with Crippen molar-refractivity contribution in [3.05, 3.63) is 29.3 Å². The van der Waals surface area contributed by atoms with E-state index in [0.717, 1.165) is 12.1 Å². The Morgan fingerprint density at radius 2 is 2.05 bits per heavy atom. The van der Waals surface area contributed by atoms with Gasteiger partial charge in [0, 0.05) is 24.8 Å². The van der Waals surface area contributed by atoms with E-state index in [0.29, 0.717) is 18.7 Å². The molecule has 21 heavy (non-hydrogen) atoms. The molecule has 1 atom stereocenters. The first-order chi connectivity index (χ1) is 9.66. The van der Waals surface area contributed by atoms with Crippen molar-refractivity contribution in [2.24, 2.45) is 10.9 Å². The van der Waals surface area contributed by atoms with Crippen molar-refractivity contribution in [1.82, 2.24) is 0 Å². The smallest absolute Gasteiger partial charge is 0.409 e. The van der Waals surface area contributed by atoms with Crippen molar-refractivity contribution in [1.29, 1.82) is 0 Å². The summed E-state index contributed by atoms with van der Waals surface area (Å²) in [6.45, 7) is 2.01. The monoisotopic (exact) mass is 305 g/mol. The predicted octanol–water partition coefficient (Wildman–Crippen LogP) is 2.01. The summed E-state index contributed by atoms with van der Waals surface area (Å²) in [6.07, 6.45) is -4.73. The van der Waals surface area contributed by atoms with Gasteiger partial charge in [0.15, 0.2) is 5.84 Å². The fourth-order valence-electron chi connectivity index (χ4n) is 1.79. The molecule has 1 aromatic carbocycles. The molecule has 0 bridgehead atoms. The summed E-state index contributed by atoms with van der Waals surface area (Å²) in [4.78, 5) is 1.60. The van der Waals surface area contributed by atoms with E-state index in [2.05, 4.69) is 5.16 Å². The van der Waals surface area contributed by atoms with Gasteiger partial charge < -0.3 is 20.9 Å². The van der Waals surface area contributed by atoms with Gasteiger partial charge in [0.1, 0.15) is 0 Å². The molecule has 1 aromatic rings. The molecule has 0 aromatic heterocycles. The van der Waals surface area contributed by atoms with E-state index in [1.54, 1.807) is 18.9 Å². The number of halogens is 3. The summed E-state index contributed by atoms with van der Waals surface area (Å²) < 4.78 is 39.2. The summed E-state index contributed by atoms with van der Waals surface area (Å²) in [5.41, 5.74) is 4.25. The highest BCUT2D eigenvalue weighted by molar-refractivity contribution is 5.99. The molecular weight excluding hydrogens is 287 g/mol. The molecule has 8 heteroatoms. The number of rotatable bonds is 5. The van der Waals surface area contributed by atoms with Crippen LogP contribution in [0.15, 0.2) is 23.4 Å². The molecule has 0 fully saturated rings. The van der Waals surface area contributed by atoms with Crippen molar-refractivity contribution in [2.45, 2.75) is 25.6 Å². The number of hydrogen-bond acceptors (Lipinski definition) is 4. The van der Waals surface area contributed by atoms with Crippen LogP contribution >= 0.6 is 0 Å².